The Morgan fingerprint density at radius 2 is 2.00 bits per heavy atom. The van der Waals surface area contributed by atoms with Crippen LogP contribution in [0.4, 0.5) is 0 Å². The molecule has 0 radical (unpaired) electrons. The van der Waals surface area contributed by atoms with Crippen LogP contribution in [-0.4, -0.2) is 36.4 Å². The number of benzene rings is 1. The fourth-order valence-electron chi connectivity index (χ4n) is 1.75. The van der Waals surface area contributed by atoms with Gasteiger partial charge in [0.1, 0.15) is 5.75 Å². The quantitative estimate of drug-likeness (QED) is 0.798. The molecule has 4 heteroatoms. The minimum Gasteiger partial charge on any atom is -0.497 e. The average Bonchev–Trinajstić information content (AvgIpc) is 2.36. The smallest absolute Gasteiger partial charge is 0.118 e. The fraction of sp³-hybridized carbons (Fsp3) is 0.571. The van der Waals surface area contributed by atoms with Crippen molar-refractivity contribution in [2.75, 3.05) is 25.7 Å². The summed E-state index contributed by atoms with van der Waals surface area (Å²) in [6, 6.07) is 8.20. The molecule has 0 fully saturated rings. The lowest BCUT2D eigenvalue weighted by atomic mass is 10.1. The highest BCUT2D eigenvalue weighted by Crippen LogP contribution is 2.18. The third kappa shape index (κ3) is 4.88. The number of nitrogens with one attached hydrogen (secondary N) is 1. The summed E-state index contributed by atoms with van der Waals surface area (Å²) < 4.78 is 5.13. The molecule has 0 heterocycles. The topological polar surface area (TPSA) is 41.5 Å². The zero-order valence-electron chi connectivity index (χ0n) is 11.6. The largest absolute Gasteiger partial charge is 0.497 e. The summed E-state index contributed by atoms with van der Waals surface area (Å²) in [6.07, 6.45) is 2.00. The van der Waals surface area contributed by atoms with Gasteiger partial charge in [-0.1, -0.05) is 12.1 Å². The van der Waals surface area contributed by atoms with E-state index >= 15 is 0 Å². The molecule has 0 spiro atoms. The Hall–Kier alpha value is -0.710. The van der Waals surface area contributed by atoms with Crippen molar-refractivity contribution in [2.24, 2.45) is 0 Å². The van der Waals surface area contributed by atoms with Gasteiger partial charge in [-0.05, 0) is 37.8 Å². The second-order valence-corrected chi connectivity index (χ2v) is 5.67. The van der Waals surface area contributed by atoms with Crippen LogP contribution in [0.15, 0.2) is 24.3 Å². The minimum absolute atomic E-state index is 0.212. The third-order valence-electron chi connectivity index (χ3n) is 2.86. The predicted octanol–water partition coefficient (Wildman–Crippen LogP) is 2.46. The van der Waals surface area contributed by atoms with E-state index in [1.54, 1.807) is 18.9 Å². The number of hydrogen-bond donors (Lipinski definition) is 2. The molecule has 0 bridgehead atoms. The van der Waals surface area contributed by atoms with Crippen molar-refractivity contribution < 1.29 is 9.84 Å². The molecule has 0 aliphatic heterocycles. The van der Waals surface area contributed by atoms with Gasteiger partial charge in [0.25, 0.3) is 0 Å². The molecule has 0 aliphatic rings. The highest BCUT2D eigenvalue weighted by atomic mass is 32.2. The van der Waals surface area contributed by atoms with Crippen LogP contribution in [0.3, 0.4) is 0 Å². The first kappa shape index (κ1) is 15.3. The molecule has 0 aliphatic carbocycles. The fourth-order valence-corrected chi connectivity index (χ4v) is 2.47. The maximum Gasteiger partial charge on any atom is 0.118 e. The van der Waals surface area contributed by atoms with Gasteiger partial charge in [-0.2, -0.15) is 11.8 Å². The Bertz CT molecular complexity index is 351. The van der Waals surface area contributed by atoms with Gasteiger partial charge in [0.05, 0.1) is 12.7 Å². The number of aliphatic hydroxyl groups is 1. The summed E-state index contributed by atoms with van der Waals surface area (Å²) in [4.78, 5) is 0. The van der Waals surface area contributed by atoms with E-state index in [0.717, 1.165) is 11.5 Å². The van der Waals surface area contributed by atoms with E-state index in [-0.39, 0.29) is 6.04 Å². The lowest BCUT2D eigenvalue weighted by Crippen LogP contribution is -2.40. The number of hydrogen-bond acceptors (Lipinski definition) is 4. The van der Waals surface area contributed by atoms with Crippen molar-refractivity contribution in [3.63, 3.8) is 0 Å². The SMILES string of the molecule is COc1ccc(C(C)NCC(C)(O)CSC)cc1. The van der Waals surface area contributed by atoms with Gasteiger partial charge < -0.3 is 15.2 Å². The molecule has 2 N–H and O–H groups in total. The predicted molar refractivity (Wildman–Crippen MR) is 78.4 cm³/mol. The van der Waals surface area contributed by atoms with Crippen LogP contribution in [0.5, 0.6) is 5.75 Å². The van der Waals surface area contributed by atoms with E-state index < -0.39 is 5.60 Å². The van der Waals surface area contributed by atoms with Crippen molar-refractivity contribution >= 4 is 11.8 Å². The highest BCUT2D eigenvalue weighted by molar-refractivity contribution is 7.98. The molecule has 2 atom stereocenters. The van der Waals surface area contributed by atoms with Crippen LogP contribution in [-0.2, 0) is 0 Å². The summed E-state index contributed by atoms with van der Waals surface area (Å²) >= 11 is 1.65. The Balaban J connectivity index is 2.51. The van der Waals surface area contributed by atoms with E-state index in [0.29, 0.717) is 6.54 Å². The van der Waals surface area contributed by atoms with Crippen LogP contribution in [0.2, 0.25) is 0 Å². The van der Waals surface area contributed by atoms with Gasteiger partial charge in [-0.15, -0.1) is 0 Å². The Morgan fingerprint density at radius 1 is 1.39 bits per heavy atom. The Morgan fingerprint density at radius 3 is 2.50 bits per heavy atom. The van der Waals surface area contributed by atoms with Crippen molar-refractivity contribution in [1.29, 1.82) is 0 Å². The standard InChI is InChI=1S/C14H23NO2S/c1-11(15-9-14(2,16)10-18-4)12-5-7-13(17-3)8-6-12/h5-8,11,15-16H,9-10H2,1-4H3. The van der Waals surface area contributed by atoms with Gasteiger partial charge in [0, 0.05) is 18.3 Å². The van der Waals surface area contributed by atoms with E-state index in [2.05, 4.69) is 12.2 Å². The lowest BCUT2D eigenvalue weighted by Gasteiger charge is -2.25. The number of ether oxygens (including phenoxy) is 1. The third-order valence-corrected chi connectivity index (χ3v) is 3.77. The van der Waals surface area contributed by atoms with Crippen LogP contribution < -0.4 is 10.1 Å². The van der Waals surface area contributed by atoms with Crippen LogP contribution in [0, 0.1) is 0 Å². The molecule has 0 aromatic heterocycles. The minimum atomic E-state index is -0.667. The second-order valence-electron chi connectivity index (χ2n) is 4.81. The molecule has 0 saturated carbocycles. The molecule has 102 valence electrons. The van der Waals surface area contributed by atoms with Gasteiger partial charge in [-0.25, -0.2) is 0 Å². The summed E-state index contributed by atoms with van der Waals surface area (Å²) in [5, 5.41) is 13.4. The zero-order valence-corrected chi connectivity index (χ0v) is 12.4. The van der Waals surface area contributed by atoms with E-state index in [1.165, 1.54) is 5.56 Å². The van der Waals surface area contributed by atoms with Gasteiger partial charge in [0.2, 0.25) is 0 Å². The first-order valence-electron chi connectivity index (χ1n) is 6.07. The van der Waals surface area contributed by atoms with Gasteiger partial charge >= 0.3 is 0 Å². The summed E-state index contributed by atoms with van der Waals surface area (Å²) in [5.41, 5.74) is 0.524. The molecular weight excluding hydrogens is 246 g/mol. The molecule has 18 heavy (non-hydrogen) atoms. The van der Waals surface area contributed by atoms with Crippen molar-refractivity contribution in [2.45, 2.75) is 25.5 Å². The average molecular weight is 269 g/mol. The number of methoxy groups -OCH3 is 1. The van der Waals surface area contributed by atoms with Crippen molar-refractivity contribution in [3.8, 4) is 5.75 Å². The van der Waals surface area contributed by atoms with Gasteiger partial charge in [0.15, 0.2) is 0 Å². The molecule has 2 unspecified atom stereocenters. The monoisotopic (exact) mass is 269 g/mol. The molecule has 1 rings (SSSR count). The number of rotatable bonds is 7. The van der Waals surface area contributed by atoms with Crippen molar-refractivity contribution in [1.82, 2.24) is 5.32 Å². The number of thioether (sulfide) groups is 1. The Kier molecular flexibility index (Phi) is 5.99. The lowest BCUT2D eigenvalue weighted by molar-refractivity contribution is 0.0821. The normalized spacial score (nSPS) is 16.1. The summed E-state index contributed by atoms with van der Waals surface area (Å²) in [7, 11) is 1.66. The molecule has 0 saturated heterocycles. The second kappa shape index (κ2) is 7.02. The first-order valence-corrected chi connectivity index (χ1v) is 7.46. The van der Waals surface area contributed by atoms with Gasteiger partial charge in [-0.3, -0.25) is 0 Å². The molecule has 3 nitrogen and oxygen atoms in total. The van der Waals surface area contributed by atoms with E-state index in [9.17, 15) is 5.11 Å². The Labute approximate surface area is 114 Å². The van der Waals surface area contributed by atoms with Crippen LogP contribution in [0.1, 0.15) is 25.5 Å². The molecule has 1 aromatic rings. The first-order chi connectivity index (χ1) is 8.48. The van der Waals surface area contributed by atoms with E-state index in [4.69, 9.17) is 4.74 Å². The summed E-state index contributed by atoms with van der Waals surface area (Å²) in [5.74, 6) is 1.59. The molecule has 1 aromatic carbocycles. The van der Waals surface area contributed by atoms with Crippen molar-refractivity contribution in [3.05, 3.63) is 29.8 Å². The van der Waals surface area contributed by atoms with Crippen LogP contribution >= 0.6 is 11.8 Å². The maximum atomic E-state index is 10.1. The molecule has 0 amide bonds. The van der Waals surface area contributed by atoms with E-state index in [1.807, 2.05) is 37.4 Å². The zero-order chi connectivity index (χ0) is 13.6. The molecular formula is C14H23NO2S. The highest BCUT2D eigenvalue weighted by Gasteiger charge is 2.20. The summed E-state index contributed by atoms with van der Waals surface area (Å²) in [6.45, 7) is 4.54. The van der Waals surface area contributed by atoms with Crippen LogP contribution in [0.25, 0.3) is 0 Å². The maximum absolute atomic E-state index is 10.1.